The molecule has 1 aliphatic carbocycles. The third kappa shape index (κ3) is 3.63. The monoisotopic (exact) mass is 458 g/mol. The second-order valence-electron chi connectivity index (χ2n) is 9.29. The third-order valence-corrected chi connectivity index (χ3v) is 7.55. The standard InChI is InChI=1S/C26H30N6O2/c1-4-20(33)32-13-11-26(12-14-32)9-7-17(8-10-26)23-21(18-5-6-19(34-3)28-15-18)22-24(27)29-16-30-25(22)31(23)2/h4-7,15-16H,1,8-14H2,2-3H3,(H2,27,29,30). The van der Waals surface area contributed by atoms with E-state index in [-0.39, 0.29) is 11.3 Å². The van der Waals surface area contributed by atoms with Crippen LogP contribution in [0.1, 0.15) is 37.8 Å². The predicted molar refractivity (Wildman–Crippen MR) is 133 cm³/mol. The number of ether oxygens (including phenoxy) is 1. The number of nitrogens with zero attached hydrogens (tertiary/aromatic N) is 5. The van der Waals surface area contributed by atoms with Crippen LogP contribution in [0.5, 0.6) is 5.88 Å². The summed E-state index contributed by atoms with van der Waals surface area (Å²) in [4.78, 5) is 27.2. The van der Waals surface area contributed by atoms with E-state index in [2.05, 4.69) is 32.2 Å². The Bertz CT molecular complexity index is 1280. The van der Waals surface area contributed by atoms with Gasteiger partial charge in [0.1, 0.15) is 17.8 Å². The molecule has 1 spiro atoms. The number of pyridine rings is 1. The fourth-order valence-corrected chi connectivity index (χ4v) is 5.52. The lowest BCUT2D eigenvalue weighted by Crippen LogP contribution is -2.43. The number of aromatic nitrogens is 4. The molecule has 0 aromatic carbocycles. The van der Waals surface area contributed by atoms with Crippen molar-refractivity contribution in [3.05, 3.63) is 49.1 Å². The summed E-state index contributed by atoms with van der Waals surface area (Å²) in [6, 6.07) is 3.87. The number of methoxy groups -OCH3 is 1. The Morgan fingerprint density at radius 3 is 2.62 bits per heavy atom. The number of nitrogens with two attached hydrogens (primary N) is 1. The maximum Gasteiger partial charge on any atom is 0.245 e. The zero-order chi connectivity index (χ0) is 23.9. The number of likely N-dealkylation sites (tertiary alicyclic amines) is 1. The number of nitrogen functional groups attached to an aromatic ring is 1. The molecule has 0 saturated carbocycles. The van der Waals surface area contributed by atoms with Gasteiger partial charge in [0.15, 0.2) is 0 Å². The molecule has 1 saturated heterocycles. The van der Waals surface area contributed by atoms with Crippen molar-refractivity contribution < 1.29 is 9.53 Å². The van der Waals surface area contributed by atoms with Crippen molar-refractivity contribution in [2.24, 2.45) is 12.5 Å². The Kier molecular flexibility index (Phi) is 5.59. The van der Waals surface area contributed by atoms with E-state index >= 15 is 0 Å². The smallest absolute Gasteiger partial charge is 0.245 e. The summed E-state index contributed by atoms with van der Waals surface area (Å²) in [5.74, 6) is 1.06. The quantitative estimate of drug-likeness (QED) is 0.594. The van der Waals surface area contributed by atoms with E-state index in [1.165, 1.54) is 18.0 Å². The van der Waals surface area contributed by atoms with Crippen LogP contribution in [0.25, 0.3) is 27.7 Å². The molecule has 3 aromatic rings. The van der Waals surface area contributed by atoms with Crippen LogP contribution in [-0.4, -0.2) is 50.5 Å². The summed E-state index contributed by atoms with van der Waals surface area (Å²) in [5.41, 5.74) is 11.8. The Balaban J connectivity index is 1.53. The summed E-state index contributed by atoms with van der Waals surface area (Å²) in [7, 11) is 3.65. The summed E-state index contributed by atoms with van der Waals surface area (Å²) in [6.45, 7) is 5.23. The van der Waals surface area contributed by atoms with Gasteiger partial charge in [0, 0.05) is 43.5 Å². The van der Waals surface area contributed by atoms with Crippen molar-refractivity contribution in [1.82, 2.24) is 24.4 Å². The second-order valence-corrected chi connectivity index (χ2v) is 9.29. The molecular formula is C26H30N6O2. The zero-order valence-corrected chi connectivity index (χ0v) is 19.8. The fraction of sp³-hybridized carbons (Fsp3) is 0.385. The van der Waals surface area contributed by atoms with Gasteiger partial charge in [0.05, 0.1) is 18.2 Å². The molecule has 8 heteroatoms. The van der Waals surface area contributed by atoms with Gasteiger partial charge in [-0.15, -0.1) is 0 Å². The van der Waals surface area contributed by atoms with E-state index in [4.69, 9.17) is 10.5 Å². The van der Waals surface area contributed by atoms with Gasteiger partial charge in [0.25, 0.3) is 0 Å². The van der Waals surface area contributed by atoms with Crippen molar-refractivity contribution >= 4 is 28.3 Å². The molecule has 1 aliphatic heterocycles. The molecule has 0 bridgehead atoms. The highest BCUT2D eigenvalue weighted by atomic mass is 16.5. The first-order chi connectivity index (χ1) is 16.5. The number of allylic oxidation sites excluding steroid dienone is 2. The number of anilines is 1. The summed E-state index contributed by atoms with van der Waals surface area (Å²) >= 11 is 0. The maximum absolute atomic E-state index is 12.0. The number of carbonyl (C=O) groups is 1. The van der Waals surface area contributed by atoms with Crippen LogP contribution in [0.3, 0.4) is 0 Å². The highest BCUT2D eigenvalue weighted by Gasteiger charge is 2.37. The largest absolute Gasteiger partial charge is 0.481 e. The molecule has 0 unspecified atom stereocenters. The lowest BCUT2D eigenvalue weighted by Gasteiger charge is -2.43. The van der Waals surface area contributed by atoms with Crippen molar-refractivity contribution in [2.75, 3.05) is 25.9 Å². The number of rotatable bonds is 4. The van der Waals surface area contributed by atoms with E-state index in [1.54, 1.807) is 7.11 Å². The molecule has 176 valence electrons. The van der Waals surface area contributed by atoms with Crippen LogP contribution in [0.2, 0.25) is 0 Å². The first-order valence-corrected chi connectivity index (χ1v) is 11.7. The number of amides is 1. The van der Waals surface area contributed by atoms with E-state index in [9.17, 15) is 4.79 Å². The minimum atomic E-state index is 0.0360. The van der Waals surface area contributed by atoms with E-state index in [0.29, 0.717) is 11.7 Å². The van der Waals surface area contributed by atoms with Gasteiger partial charge in [-0.05, 0) is 55.2 Å². The zero-order valence-electron chi connectivity index (χ0n) is 19.8. The molecule has 4 heterocycles. The van der Waals surface area contributed by atoms with Gasteiger partial charge in [-0.2, -0.15) is 0 Å². The topological polar surface area (TPSA) is 99.2 Å². The molecule has 34 heavy (non-hydrogen) atoms. The van der Waals surface area contributed by atoms with Crippen LogP contribution in [0.15, 0.2) is 43.4 Å². The number of aryl methyl sites for hydroxylation is 1. The second kappa shape index (κ2) is 8.59. The van der Waals surface area contributed by atoms with Crippen molar-refractivity contribution in [2.45, 2.75) is 32.1 Å². The van der Waals surface area contributed by atoms with Gasteiger partial charge in [0.2, 0.25) is 11.8 Å². The predicted octanol–water partition coefficient (Wildman–Crippen LogP) is 3.98. The van der Waals surface area contributed by atoms with Gasteiger partial charge in [-0.25, -0.2) is 15.0 Å². The van der Waals surface area contributed by atoms with Crippen LogP contribution < -0.4 is 10.5 Å². The molecule has 2 N–H and O–H groups in total. The highest BCUT2D eigenvalue weighted by Crippen LogP contribution is 2.48. The Labute approximate surface area is 199 Å². The SMILES string of the molecule is C=CC(=O)N1CCC2(CC=C(c3c(-c4ccc(OC)nc4)c4c(N)ncnc4n3C)CC2)CC1. The molecule has 1 fully saturated rings. The van der Waals surface area contributed by atoms with Gasteiger partial charge < -0.3 is 19.9 Å². The molecule has 5 rings (SSSR count). The van der Waals surface area contributed by atoms with Crippen LogP contribution in [0.4, 0.5) is 5.82 Å². The average molecular weight is 459 g/mol. The summed E-state index contributed by atoms with van der Waals surface area (Å²) in [6.07, 6.45) is 12.2. The third-order valence-electron chi connectivity index (χ3n) is 7.55. The van der Waals surface area contributed by atoms with E-state index in [1.807, 2.05) is 30.3 Å². The van der Waals surface area contributed by atoms with E-state index in [0.717, 1.165) is 73.0 Å². The molecule has 2 aliphatic rings. The van der Waals surface area contributed by atoms with Crippen molar-refractivity contribution in [3.8, 4) is 17.0 Å². The van der Waals surface area contributed by atoms with Crippen LogP contribution >= 0.6 is 0 Å². The lowest BCUT2D eigenvalue weighted by molar-refractivity contribution is -0.128. The first-order valence-electron chi connectivity index (χ1n) is 11.7. The Morgan fingerprint density at radius 2 is 2.00 bits per heavy atom. The summed E-state index contributed by atoms with van der Waals surface area (Å²) < 4.78 is 7.38. The number of piperidine rings is 1. The molecule has 3 aromatic heterocycles. The van der Waals surface area contributed by atoms with Crippen LogP contribution in [0, 0.1) is 5.41 Å². The average Bonchev–Trinajstić information content (AvgIpc) is 3.18. The van der Waals surface area contributed by atoms with Crippen molar-refractivity contribution in [1.29, 1.82) is 0 Å². The number of hydrogen-bond acceptors (Lipinski definition) is 6. The van der Waals surface area contributed by atoms with Gasteiger partial charge >= 0.3 is 0 Å². The lowest BCUT2D eigenvalue weighted by atomic mass is 9.68. The number of fused-ring (bicyclic) bond motifs is 1. The fourth-order valence-electron chi connectivity index (χ4n) is 5.52. The minimum absolute atomic E-state index is 0.0360. The van der Waals surface area contributed by atoms with Gasteiger partial charge in [-0.1, -0.05) is 12.7 Å². The molecule has 8 nitrogen and oxygen atoms in total. The van der Waals surface area contributed by atoms with E-state index < -0.39 is 0 Å². The highest BCUT2D eigenvalue weighted by molar-refractivity contribution is 6.05. The first kappa shape index (κ1) is 22.1. The Morgan fingerprint density at radius 1 is 1.21 bits per heavy atom. The van der Waals surface area contributed by atoms with Gasteiger partial charge in [-0.3, -0.25) is 4.79 Å². The normalized spacial score (nSPS) is 17.6. The molecule has 0 atom stereocenters. The number of carbonyl (C=O) groups excluding carboxylic acids is 1. The molecule has 0 radical (unpaired) electrons. The van der Waals surface area contributed by atoms with Crippen molar-refractivity contribution in [3.63, 3.8) is 0 Å². The van der Waals surface area contributed by atoms with Crippen LogP contribution in [-0.2, 0) is 11.8 Å². The summed E-state index contributed by atoms with van der Waals surface area (Å²) in [5, 5.41) is 0.851. The Hall–Kier alpha value is -3.68. The molecule has 1 amide bonds. The molecular weight excluding hydrogens is 428 g/mol. The minimum Gasteiger partial charge on any atom is -0.481 e. The maximum atomic E-state index is 12.0. The number of hydrogen-bond donors (Lipinski definition) is 1.